The van der Waals surface area contributed by atoms with Crippen LogP contribution in [-0.2, 0) is 6.42 Å². The third-order valence-electron chi connectivity index (χ3n) is 5.12. The highest BCUT2D eigenvalue weighted by Crippen LogP contribution is 2.40. The Balaban J connectivity index is 2.03. The maximum Gasteiger partial charge on any atom is 0.349 e. The zero-order chi connectivity index (χ0) is 20.9. The predicted molar refractivity (Wildman–Crippen MR) is 111 cm³/mol. The van der Waals surface area contributed by atoms with Crippen molar-refractivity contribution in [3.63, 3.8) is 0 Å². The molecule has 0 spiro atoms. The Hall–Kier alpha value is -2.92. The molecule has 4 rings (SSSR count). The van der Waals surface area contributed by atoms with Gasteiger partial charge in [-0.25, -0.2) is 4.79 Å². The number of carbonyl (C=O) groups is 1. The van der Waals surface area contributed by atoms with Crippen molar-refractivity contribution >= 4 is 17.4 Å². The second-order valence-electron chi connectivity index (χ2n) is 8.23. The number of aromatic nitrogens is 1. The molecule has 2 aromatic heterocycles. The first-order valence-corrected chi connectivity index (χ1v) is 9.69. The largest absolute Gasteiger partial charge is 0.507 e. The van der Waals surface area contributed by atoms with Gasteiger partial charge >= 0.3 is 5.63 Å². The van der Waals surface area contributed by atoms with Crippen LogP contribution in [0.15, 0.2) is 45.6 Å². The van der Waals surface area contributed by atoms with E-state index in [0.717, 1.165) is 5.56 Å². The van der Waals surface area contributed by atoms with Crippen molar-refractivity contribution in [1.82, 2.24) is 4.98 Å². The molecular formula is C23H20ClNO4. The summed E-state index contributed by atoms with van der Waals surface area (Å²) in [6.07, 6.45) is 1.000. The summed E-state index contributed by atoms with van der Waals surface area (Å²) in [6.45, 7) is 5.62. The fourth-order valence-corrected chi connectivity index (χ4v) is 4.02. The summed E-state index contributed by atoms with van der Waals surface area (Å²) >= 11 is 6.03. The summed E-state index contributed by atoms with van der Waals surface area (Å²) in [5.74, 6) is 0.124. The summed E-state index contributed by atoms with van der Waals surface area (Å²) < 4.78 is 5.17. The third kappa shape index (κ3) is 3.58. The van der Waals surface area contributed by atoms with Gasteiger partial charge in [0.1, 0.15) is 17.1 Å². The molecule has 0 unspecified atom stereocenters. The molecule has 0 saturated carbocycles. The van der Waals surface area contributed by atoms with Gasteiger partial charge in [0.25, 0.3) is 0 Å². The van der Waals surface area contributed by atoms with Crippen molar-refractivity contribution in [2.45, 2.75) is 33.6 Å². The van der Waals surface area contributed by atoms with Crippen LogP contribution in [0.2, 0.25) is 5.02 Å². The zero-order valence-corrected chi connectivity index (χ0v) is 17.1. The van der Waals surface area contributed by atoms with Crippen LogP contribution in [0.5, 0.6) is 5.75 Å². The summed E-state index contributed by atoms with van der Waals surface area (Å²) in [5, 5.41) is 11.0. The summed E-state index contributed by atoms with van der Waals surface area (Å²) in [5.41, 5.74) is 2.00. The first-order chi connectivity index (χ1) is 13.6. The van der Waals surface area contributed by atoms with Gasteiger partial charge in [-0.05, 0) is 48.1 Å². The van der Waals surface area contributed by atoms with Crippen LogP contribution in [-0.4, -0.2) is 15.9 Å². The quantitative estimate of drug-likeness (QED) is 0.629. The number of ketones is 1. The minimum Gasteiger partial charge on any atom is -0.507 e. The molecule has 0 amide bonds. The standard InChI is InChI=1S/C23H20ClNO4/c1-12-8-18(26)21(22(28)29-12)16-9-15(13-4-6-14(24)7-5-13)20-17(25-16)10-23(2,3)11-19(20)27/h4-9,26H,10-11H2,1-3H3. The normalized spacial score (nSPS) is 15.2. The van der Waals surface area contributed by atoms with Gasteiger partial charge in [0.2, 0.25) is 0 Å². The zero-order valence-electron chi connectivity index (χ0n) is 16.4. The van der Waals surface area contributed by atoms with E-state index in [-0.39, 0.29) is 28.2 Å². The Kier molecular flexibility index (Phi) is 4.58. The molecule has 0 fully saturated rings. The number of hydrogen-bond donors (Lipinski definition) is 1. The summed E-state index contributed by atoms with van der Waals surface area (Å²) in [7, 11) is 0. The summed E-state index contributed by atoms with van der Waals surface area (Å²) in [4.78, 5) is 30.1. The lowest BCUT2D eigenvalue weighted by Crippen LogP contribution is -2.28. The molecule has 1 aliphatic carbocycles. The number of Topliss-reactive ketones (excluding diaryl/α,β-unsaturated/α-hetero) is 1. The van der Waals surface area contributed by atoms with E-state index < -0.39 is 5.63 Å². The molecule has 0 aliphatic heterocycles. The van der Waals surface area contributed by atoms with E-state index in [1.165, 1.54) is 6.07 Å². The first kappa shape index (κ1) is 19.4. The molecule has 2 heterocycles. The van der Waals surface area contributed by atoms with Crippen molar-refractivity contribution in [2.75, 3.05) is 0 Å². The highest BCUT2D eigenvalue weighted by Gasteiger charge is 2.34. The number of aromatic hydroxyl groups is 1. The number of carbonyl (C=O) groups excluding carboxylic acids is 1. The average Bonchev–Trinajstić information content (AvgIpc) is 2.59. The Morgan fingerprint density at radius 3 is 2.41 bits per heavy atom. The fourth-order valence-electron chi connectivity index (χ4n) is 3.89. The van der Waals surface area contributed by atoms with Crippen LogP contribution in [0.3, 0.4) is 0 Å². The first-order valence-electron chi connectivity index (χ1n) is 9.32. The van der Waals surface area contributed by atoms with E-state index in [0.29, 0.717) is 40.4 Å². The van der Waals surface area contributed by atoms with Crippen LogP contribution in [0, 0.1) is 12.3 Å². The molecule has 6 heteroatoms. The molecule has 1 aliphatic rings. The second kappa shape index (κ2) is 6.85. The molecule has 0 atom stereocenters. The fraction of sp³-hybridized carbons (Fsp3) is 0.261. The highest BCUT2D eigenvalue weighted by molar-refractivity contribution is 6.30. The van der Waals surface area contributed by atoms with Gasteiger partial charge in [-0.3, -0.25) is 9.78 Å². The SMILES string of the molecule is Cc1cc(O)c(-c2cc(-c3ccc(Cl)cc3)c3c(n2)CC(C)(C)CC3=O)c(=O)o1. The number of aryl methyl sites for hydroxylation is 1. The van der Waals surface area contributed by atoms with Gasteiger partial charge in [-0.15, -0.1) is 0 Å². The number of fused-ring (bicyclic) bond motifs is 1. The Labute approximate surface area is 173 Å². The molecule has 3 aromatic rings. The van der Waals surface area contributed by atoms with Gasteiger partial charge in [0.15, 0.2) is 5.78 Å². The minimum absolute atomic E-state index is 0.00978. The lowest BCUT2D eigenvalue weighted by molar-refractivity contribution is 0.0911. The number of benzene rings is 1. The van der Waals surface area contributed by atoms with Crippen LogP contribution in [0.25, 0.3) is 22.4 Å². The number of pyridine rings is 1. The third-order valence-corrected chi connectivity index (χ3v) is 5.38. The van der Waals surface area contributed by atoms with Crippen LogP contribution < -0.4 is 5.63 Å². The van der Waals surface area contributed by atoms with Crippen molar-refractivity contribution < 1.29 is 14.3 Å². The predicted octanol–water partition coefficient (Wildman–Crippen LogP) is 5.19. The van der Waals surface area contributed by atoms with E-state index in [1.807, 2.05) is 26.0 Å². The molecular weight excluding hydrogens is 390 g/mol. The van der Waals surface area contributed by atoms with E-state index in [2.05, 4.69) is 4.98 Å². The van der Waals surface area contributed by atoms with Gasteiger partial charge in [-0.2, -0.15) is 0 Å². The van der Waals surface area contributed by atoms with Crippen molar-refractivity contribution in [1.29, 1.82) is 0 Å². The maximum atomic E-state index is 13.0. The number of nitrogens with zero attached hydrogens (tertiary/aromatic N) is 1. The molecule has 1 aromatic carbocycles. The van der Waals surface area contributed by atoms with Crippen molar-refractivity contribution in [2.24, 2.45) is 5.41 Å². The van der Waals surface area contributed by atoms with E-state index >= 15 is 0 Å². The smallest absolute Gasteiger partial charge is 0.349 e. The van der Waals surface area contributed by atoms with E-state index in [1.54, 1.807) is 25.1 Å². The Bertz CT molecular complexity index is 1190. The van der Waals surface area contributed by atoms with Gasteiger partial charge in [0.05, 0.1) is 11.4 Å². The molecule has 29 heavy (non-hydrogen) atoms. The minimum atomic E-state index is -0.668. The second-order valence-corrected chi connectivity index (χ2v) is 8.67. The lowest BCUT2D eigenvalue weighted by Gasteiger charge is -2.31. The lowest BCUT2D eigenvalue weighted by atomic mass is 9.74. The number of rotatable bonds is 2. The molecule has 0 saturated heterocycles. The van der Waals surface area contributed by atoms with Gasteiger partial charge < -0.3 is 9.52 Å². The Morgan fingerprint density at radius 1 is 1.07 bits per heavy atom. The molecule has 0 radical (unpaired) electrons. The van der Waals surface area contributed by atoms with Gasteiger partial charge in [0, 0.05) is 23.1 Å². The number of hydrogen-bond acceptors (Lipinski definition) is 5. The van der Waals surface area contributed by atoms with Crippen molar-refractivity contribution in [3.05, 3.63) is 68.9 Å². The van der Waals surface area contributed by atoms with Crippen LogP contribution in [0.4, 0.5) is 0 Å². The highest BCUT2D eigenvalue weighted by atomic mass is 35.5. The van der Waals surface area contributed by atoms with E-state index in [4.69, 9.17) is 16.0 Å². The maximum absolute atomic E-state index is 13.0. The van der Waals surface area contributed by atoms with Crippen LogP contribution in [0.1, 0.15) is 42.1 Å². The molecule has 148 valence electrons. The number of halogens is 1. The Morgan fingerprint density at radius 2 is 1.76 bits per heavy atom. The summed E-state index contributed by atoms with van der Waals surface area (Å²) in [6, 6.07) is 10.2. The van der Waals surface area contributed by atoms with Crippen LogP contribution >= 0.6 is 11.6 Å². The monoisotopic (exact) mass is 409 g/mol. The average molecular weight is 410 g/mol. The molecule has 1 N–H and O–H groups in total. The molecule has 0 bridgehead atoms. The topological polar surface area (TPSA) is 80.4 Å². The van der Waals surface area contributed by atoms with E-state index in [9.17, 15) is 14.7 Å². The van der Waals surface area contributed by atoms with Crippen molar-refractivity contribution in [3.8, 4) is 28.1 Å². The molecule has 5 nitrogen and oxygen atoms in total. The van der Waals surface area contributed by atoms with Gasteiger partial charge in [-0.1, -0.05) is 37.6 Å².